The van der Waals surface area contributed by atoms with Crippen LogP contribution in [0.4, 0.5) is 0 Å². The maximum absolute atomic E-state index is 11.5. The van der Waals surface area contributed by atoms with Gasteiger partial charge in [0, 0.05) is 12.3 Å². The summed E-state index contributed by atoms with van der Waals surface area (Å²) < 4.78 is 9.62. The van der Waals surface area contributed by atoms with Gasteiger partial charge in [-0.25, -0.2) is 0 Å². The Labute approximate surface area is 101 Å². The van der Waals surface area contributed by atoms with Gasteiger partial charge in [0.2, 0.25) is 0 Å². The third-order valence-corrected chi connectivity index (χ3v) is 1.97. The molecule has 0 aliphatic heterocycles. The standard InChI is InChI=1S/C10H19NO4S/c1-3-14-9(12)7-8(11-5-6-16)10(13)15-4-2/h8,11,16H,3-7H2,1-2H3. The first-order valence-electron chi connectivity index (χ1n) is 5.32. The number of hydrogen-bond donors (Lipinski definition) is 2. The zero-order valence-electron chi connectivity index (χ0n) is 9.69. The van der Waals surface area contributed by atoms with Crippen molar-refractivity contribution in [1.82, 2.24) is 5.32 Å². The summed E-state index contributed by atoms with van der Waals surface area (Å²) in [6.45, 7) is 4.57. The van der Waals surface area contributed by atoms with E-state index in [1.165, 1.54) is 0 Å². The monoisotopic (exact) mass is 249 g/mol. The molecule has 0 spiro atoms. The van der Waals surface area contributed by atoms with Gasteiger partial charge >= 0.3 is 11.9 Å². The molecule has 0 rings (SSSR count). The van der Waals surface area contributed by atoms with E-state index in [0.29, 0.717) is 25.5 Å². The number of esters is 2. The van der Waals surface area contributed by atoms with E-state index in [1.807, 2.05) is 0 Å². The van der Waals surface area contributed by atoms with Gasteiger partial charge < -0.3 is 14.8 Å². The molecule has 0 aliphatic rings. The molecule has 0 aliphatic carbocycles. The average Bonchev–Trinajstić information content (AvgIpc) is 2.24. The van der Waals surface area contributed by atoms with Crippen molar-refractivity contribution < 1.29 is 19.1 Å². The SMILES string of the molecule is CCOC(=O)CC(NCCS)C(=O)OCC. The summed E-state index contributed by atoms with van der Waals surface area (Å²) in [5.41, 5.74) is 0. The molecule has 94 valence electrons. The Kier molecular flexibility index (Phi) is 9.03. The molecule has 0 amide bonds. The highest BCUT2D eigenvalue weighted by atomic mass is 32.1. The summed E-state index contributed by atoms with van der Waals surface area (Å²) in [4.78, 5) is 22.7. The molecule has 1 N–H and O–H groups in total. The molecule has 0 radical (unpaired) electrons. The molecule has 6 heteroatoms. The van der Waals surface area contributed by atoms with Crippen LogP contribution in [-0.2, 0) is 19.1 Å². The molecule has 0 aromatic carbocycles. The molecular formula is C10H19NO4S. The lowest BCUT2D eigenvalue weighted by molar-refractivity contribution is -0.152. The van der Waals surface area contributed by atoms with E-state index in [0.717, 1.165) is 0 Å². The second kappa shape index (κ2) is 9.47. The molecule has 0 aromatic rings. The van der Waals surface area contributed by atoms with Crippen LogP contribution in [-0.4, -0.2) is 43.5 Å². The fourth-order valence-electron chi connectivity index (χ4n) is 1.11. The second-order valence-electron chi connectivity index (χ2n) is 2.99. The van der Waals surface area contributed by atoms with Crippen molar-refractivity contribution in [2.75, 3.05) is 25.5 Å². The maximum Gasteiger partial charge on any atom is 0.323 e. The molecule has 16 heavy (non-hydrogen) atoms. The number of thiol groups is 1. The first-order valence-corrected chi connectivity index (χ1v) is 5.95. The van der Waals surface area contributed by atoms with Gasteiger partial charge in [-0.15, -0.1) is 0 Å². The molecule has 5 nitrogen and oxygen atoms in total. The van der Waals surface area contributed by atoms with Gasteiger partial charge in [-0.3, -0.25) is 9.59 Å². The Bertz CT molecular complexity index is 223. The van der Waals surface area contributed by atoms with Crippen LogP contribution in [0.5, 0.6) is 0 Å². The third-order valence-electron chi connectivity index (χ3n) is 1.75. The summed E-state index contributed by atoms with van der Waals surface area (Å²) in [5.74, 6) is -0.261. The lowest BCUT2D eigenvalue weighted by atomic mass is 10.2. The zero-order chi connectivity index (χ0) is 12.4. The Balaban J connectivity index is 4.18. The molecule has 0 heterocycles. The van der Waals surface area contributed by atoms with Gasteiger partial charge in [0.1, 0.15) is 6.04 Å². The first-order chi connectivity index (χ1) is 7.65. The molecule has 1 unspecified atom stereocenters. The second-order valence-corrected chi connectivity index (χ2v) is 3.44. The van der Waals surface area contributed by atoms with Gasteiger partial charge in [0.15, 0.2) is 0 Å². The Morgan fingerprint density at radius 1 is 1.25 bits per heavy atom. The minimum Gasteiger partial charge on any atom is -0.466 e. The van der Waals surface area contributed by atoms with E-state index >= 15 is 0 Å². The van der Waals surface area contributed by atoms with Gasteiger partial charge in [-0.05, 0) is 13.8 Å². The molecule has 0 fully saturated rings. The van der Waals surface area contributed by atoms with E-state index in [2.05, 4.69) is 17.9 Å². The third kappa shape index (κ3) is 6.68. The number of carbonyl (C=O) groups is 2. The molecule has 0 saturated heterocycles. The minimum atomic E-state index is -0.647. The highest BCUT2D eigenvalue weighted by Crippen LogP contribution is 1.99. The quantitative estimate of drug-likeness (QED) is 0.481. The van der Waals surface area contributed by atoms with Crippen molar-refractivity contribution in [3.05, 3.63) is 0 Å². The van der Waals surface area contributed by atoms with Crippen LogP contribution < -0.4 is 5.32 Å². The highest BCUT2D eigenvalue weighted by Gasteiger charge is 2.22. The fourth-order valence-corrected chi connectivity index (χ4v) is 1.24. The lowest BCUT2D eigenvalue weighted by Gasteiger charge is -2.15. The largest absolute Gasteiger partial charge is 0.466 e. The van der Waals surface area contributed by atoms with Crippen LogP contribution in [0, 0.1) is 0 Å². The van der Waals surface area contributed by atoms with Crippen molar-refractivity contribution in [2.45, 2.75) is 26.3 Å². The predicted octanol–water partition coefficient (Wildman–Crippen LogP) is 0.391. The predicted molar refractivity (Wildman–Crippen MR) is 63.5 cm³/mol. The van der Waals surface area contributed by atoms with Crippen molar-refractivity contribution in [3.63, 3.8) is 0 Å². The van der Waals surface area contributed by atoms with Gasteiger partial charge in [-0.1, -0.05) is 0 Å². The van der Waals surface area contributed by atoms with Crippen LogP contribution in [0.2, 0.25) is 0 Å². The Morgan fingerprint density at radius 3 is 2.38 bits per heavy atom. The average molecular weight is 249 g/mol. The van der Waals surface area contributed by atoms with E-state index in [4.69, 9.17) is 9.47 Å². The van der Waals surface area contributed by atoms with Crippen molar-refractivity contribution in [1.29, 1.82) is 0 Å². The number of hydrogen-bond acceptors (Lipinski definition) is 6. The first kappa shape index (κ1) is 15.2. The molecular weight excluding hydrogens is 230 g/mol. The lowest BCUT2D eigenvalue weighted by Crippen LogP contribution is -2.41. The summed E-state index contributed by atoms with van der Waals surface area (Å²) in [6, 6.07) is -0.647. The van der Waals surface area contributed by atoms with Gasteiger partial charge in [0.25, 0.3) is 0 Å². The van der Waals surface area contributed by atoms with Crippen LogP contribution in [0.3, 0.4) is 0 Å². The fraction of sp³-hybridized carbons (Fsp3) is 0.800. The van der Waals surface area contributed by atoms with Crippen LogP contribution >= 0.6 is 12.6 Å². The summed E-state index contributed by atoms with van der Waals surface area (Å²) in [5, 5.41) is 2.89. The maximum atomic E-state index is 11.5. The molecule has 0 bridgehead atoms. The smallest absolute Gasteiger partial charge is 0.323 e. The molecule has 0 aromatic heterocycles. The summed E-state index contributed by atoms with van der Waals surface area (Å²) in [7, 11) is 0. The normalized spacial score (nSPS) is 11.9. The number of rotatable bonds is 8. The number of carbonyl (C=O) groups excluding carboxylic acids is 2. The number of nitrogens with one attached hydrogen (secondary N) is 1. The van der Waals surface area contributed by atoms with E-state index in [-0.39, 0.29) is 6.42 Å². The van der Waals surface area contributed by atoms with Crippen molar-refractivity contribution in [3.8, 4) is 0 Å². The van der Waals surface area contributed by atoms with Crippen LogP contribution in [0.15, 0.2) is 0 Å². The molecule has 1 atom stereocenters. The Morgan fingerprint density at radius 2 is 1.88 bits per heavy atom. The Hall–Kier alpha value is -0.750. The van der Waals surface area contributed by atoms with Crippen LogP contribution in [0.25, 0.3) is 0 Å². The van der Waals surface area contributed by atoms with E-state index in [9.17, 15) is 9.59 Å². The minimum absolute atomic E-state index is 0.0134. The van der Waals surface area contributed by atoms with Gasteiger partial charge in [-0.2, -0.15) is 12.6 Å². The summed E-state index contributed by atoms with van der Waals surface area (Å²) >= 11 is 4.02. The zero-order valence-corrected chi connectivity index (χ0v) is 10.6. The summed E-state index contributed by atoms with van der Waals surface area (Å²) in [6.07, 6.45) is -0.0134. The highest BCUT2D eigenvalue weighted by molar-refractivity contribution is 7.80. The topological polar surface area (TPSA) is 64.6 Å². The van der Waals surface area contributed by atoms with E-state index in [1.54, 1.807) is 13.8 Å². The van der Waals surface area contributed by atoms with Gasteiger partial charge in [0.05, 0.1) is 19.6 Å². The van der Waals surface area contributed by atoms with E-state index < -0.39 is 18.0 Å². The van der Waals surface area contributed by atoms with Crippen molar-refractivity contribution in [2.24, 2.45) is 0 Å². The van der Waals surface area contributed by atoms with Crippen LogP contribution in [0.1, 0.15) is 20.3 Å². The number of ether oxygens (including phenoxy) is 2. The van der Waals surface area contributed by atoms with Crippen molar-refractivity contribution >= 4 is 24.6 Å². The molecule has 0 saturated carbocycles.